The Hall–Kier alpha value is -2.22. The van der Waals surface area contributed by atoms with Gasteiger partial charge in [-0.3, -0.25) is 0 Å². The maximum atomic E-state index is 13.0. The zero-order valence-corrected chi connectivity index (χ0v) is 18.0. The molecule has 0 saturated carbocycles. The number of hydrogen-bond donors (Lipinski definition) is 0. The number of nitrogens with zero attached hydrogens (tertiary/aromatic N) is 5. The summed E-state index contributed by atoms with van der Waals surface area (Å²) in [4.78, 5) is 8.10. The van der Waals surface area contributed by atoms with Gasteiger partial charge in [-0.2, -0.15) is 18.3 Å². The van der Waals surface area contributed by atoms with Crippen LogP contribution >= 0.6 is 22.6 Å². The van der Waals surface area contributed by atoms with Crippen molar-refractivity contribution in [3.8, 4) is 11.5 Å². The Balaban J connectivity index is 2.05. The first kappa shape index (κ1) is 20.1. The number of alkyl halides is 3. The second-order valence-corrected chi connectivity index (χ2v) is 9.78. The molecule has 4 aromatic heterocycles. The van der Waals surface area contributed by atoms with Crippen LogP contribution in [0.25, 0.3) is 28.2 Å². The maximum Gasteiger partial charge on any atom is 0.417 e. The van der Waals surface area contributed by atoms with Gasteiger partial charge in [-0.15, -0.1) is 0 Å². The lowest BCUT2D eigenvalue weighted by Crippen LogP contribution is -2.06. The molecule has 4 aromatic rings. The predicted molar refractivity (Wildman–Crippen MR) is 108 cm³/mol. The number of halogens is 4. The number of pyridine rings is 2. The van der Waals surface area contributed by atoms with E-state index in [0.29, 0.717) is 5.52 Å². The molecule has 0 bridgehead atoms. The van der Waals surface area contributed by atoms with E-state index in [9.17, 15) is 21.6 Å². The third-order valence-electron chi connectivity index (χ3n) is 4.49. The lowest BCUT2D eigenvalue weighted by molar-refractivity contribution is -0.137. The molecule has 0 unspecified atom stereocenters. The molecule has 0 aliphatic carbocycles. The molecular formula is C17H13F3IN5O2S. The van der Waals surface area contributed by atoms with Crippen LogP contribution in [0.3, 0.4) is 0 Å². The summed E-state index contributed by atoms with van der Waals surface area (Å²) in [5, 5.41) is 4.38. The van der Waals surface area contributed by atoms with E-state index in [4.69, 9.17) is 0 Å². The van der Waals surface area contributed by atoms with Crippen LogP contribution < -0.4 is 0 Å². The van der Waals surface area contributed by atoms with E-state index in [2.05, 4.69) is 37.7 Å². The summed E-state index contributed by atoms with van der Waals surface area (Å²) in [6, 6.07) is 4.28. The summed E-state index contributed by atoms with van der Waals surface area (Å²) >= 11 is 2.08. The third-order valence-corrected chi connectivity index (χ3v) is 6.91. The van der Waals surface area contributed by atoms with Gasteiger partial charge in [0, 0.05) is 23.0 Å². The normalized spacial score (nSPS) is 12.9. The molecule has 0 aliphatic heterocycles. The lowest BCUT2D eigenvalue weighted by atomic mass is 10.2. The molecule has 0 aromatic carbocycles. The van der Waals surface area contributed by atoms with Crippen LogP contribution in [0, 0.1) is 3.57 Å². The van der Waals surface area contributed by atoms with E-state index in [-0.39, 0.29) is 33.3 Å². The highest BCUT2D eigenvalue weighted by Crippen LogP contribution is 2.34. The van der Waals surface area contributed by atoms with Crippen molar-refractivity contribution < 1.29 is 21.6 Å². The summed E-state index contributed by atoms with van der Waals surface area (Å²) in [6.45, 7) is 1.52. The first-order valence-corrected chi connectivity index (χ1v) is 11.1. The average molecular weight is 535 g/mol. The molecule has 0 N–H and O–H groups in total. The molecule has 152 valence electrons. The van der Waals surface area contributed by atoms with Crippen LogP contribution in [0.1, 0.15) is 12.5 Å². The van der Waals surface area contributed by atoms with Crippen LogP contribution in [-0.2, 0) is 23.1 Å². The van der Waals surface area contributed by atoms with E-state index in [1.165, 1.54) is 16.0 Å². The van der Waals surface area contributed by atoms with Gasteiger partial charge < -0.3 is 4.57 Å². The Morgan fingerprint density at radius 3 is 2.62 bits per heavy atom. The van der Waals surface area contributed by atoms with Crippen molar-refractivity contribution in [1.29, 1.82) is 0 Å². The lowest BCUT2D eigenvalue weighted by Gasteiger charge is -2.05. The zero-order valence-electron chi connectivity index (χ0n) is 15.1. The fourth-order valence-electron chi connectivity index (χ4n) is 3.04. The summed E-state index contributed by atoms with van der Waals surface area (Å²) in [7, 11) is -2.14. The highest BCUT2D eigenvalue weighted by molar-refractivity contribution is 14.1. The molecule has 0 spiro atoms. The Kier molecular flexibility index (Phi) is 4.60. The summed E-state index contributed by atoms with van der Waals surface area (Å²) in [5.74, 6) is -0.0362. The monoisotopic (exact) mass is 535 g/mol. The number of sulfone groups is 1. The van der Waals surface area contributed by atoms with Gasteiger partial charge in [-0.05, 0) is 40.8 Å². The van der Waals surface area contributed by atoms with Crippen molar-refractivity contribution in [2.45, 2.75) is 18.0 Å². The highest BCUT2D eigenvalue weighted by atomic mass is 127. The standard InChI is InChI=1S/C17H13F3IN5O2S/c1-3-29(27,28)14-12-5-4-10(21)8-26(12)24-13(14)16-23-11-6-9(17(18,19)20)7-22-15(11)25(16)2/h4-8H,3H2,1-2H3. The smallest absolute Gasteiger partial charge is 0.310 e. The molecule has 4 rings (SSSR count). The van der Waals surface area contributed by atoms with Crippen molar-refractivity contribution in [2.24, 2.45) is 7.05 Å². The Bertz CT molecular complexity index is 1380. The van der Waals surface area contributed by atoms with E-state index in [1.807, 2.05) is 0 Å². The first-order valence-electron chi connectivity index (χ1n) is 8.33. The zero-order chi connectivity index (χ0) is 21.1. The van der Waals surface area contributed by atoms with Gasteiger partial charge in [0.2, 0.25) is 0 Å². The largest absolute Gasteiger partial charge is 0.417 e. The Labute approximate surface area is 176 Å². The van der Waals surface area contributed by atoms with Crippen LogP contribution in [0.15, 0.2) is 35.5 Å². The second kappa shape index (κ2) is 6.65. The minimum Gasteiger partial charge on any atom is -0.310 e. The van der Waals surface area contributed by atoms with E-state index in [0.717, 1.165) is 15.8 Å². The molecule has 12 heteroatoms. The molecule has 7 nitrogen and oxygen atoms in total. The van der Waals surface area contributed by atoms with E-state index < -0.39 is 21.6 Å². The Morgan fingerprint density at radius 2 is 1.97 bits per heavy atom. The fourth-order valence-corrected chi connectivity index (χ4v) is 4.68. The second-order valence-electron chi connectivity index (χ2n) is 6.32. The van der Waals surface area contributed by atoms with Crippen molar-refractivity contribution in [3.63, 3.8) is 0 Å². The van der Waals surface area contributed by atoms with Crippen LogP contribution in [0.2, 0.25) is 0 Å². The average Bonchev–Trinajstić information content (AvgIpc) is 3.18. The van der Waals surface area contributed by atoms with Gasteiger partial charge in [-0.25, -0.2) is 22.9 Å². The number of aryl methyl sites for hydroxylation is 1. The summed E-state index contributed by atoms with van der Waals surface area (Å²) in [5.41, 5.74) is -0.287. The molecule has 0 amide bonds. The minimum atomic E-state index is -4.56. The number of fused-ring (bicyclic) bond motifs is 2. The van der Waals surface area contributed by atoms with Gasteiger partial charge in [0.15, 0.2) is 21.3 Å². The SMILES string of the molecule is CCS(=O)(=O)c1c(-c2nc3cc(C(F)(F)F)cnc3n2C)nn2cc(I)ccc12. The van der Waals surface area contributed by atoms with Crippen molar-refractivity contribution in [2.75, 3.05) is 5.75 Å². The maximum absolute atomic E-state index is 13.0. The van der Waals surface area contributed by atoms with E-state index in [1.54, 1.807) is 25.4 Å². The fraction of sp³-hybridized carbons (Fsp3) is 0.235. The number of aromatic nitrogens is 5. The number of imidazole rings is 1. The number of hydrogen-bond acceptors (Lipinski definition) is 5. The summed E-state index contributed by atoms with van der Waals surface area (Å²) < 4.78 is 68.4. The molecule has 4 heterocycles. The molecular weight excluding hydrogens is 522 g/mol. The van der Waals surface area contributed by atoms with Gasteiger partial charge in [0.25, 0.3) is 0 Å². The third kappa shape index (κ3) is 3.27. The van der Waals surface area contributed by atoms with Gasteiger partial charge in [0.1, 0.15) is 16.1 Å². The van der Waals surface area contributed by atoms with Gasteiger partial charge in [-0.1, -0.05) is 6.92 Å². The van der Waals surface area contributed by atoms with Gasteiger partial charge >= 0.3 is 6.18 Å². The predicted octanol–water partition coefficient (Wildman–Crippen LogP) is 3.70. The van der Waals surface area contributed by atoms with Crippen molar-refractivity contribution >= 4 is 49.1 Å². The quantitative estimate of drug-likeness (QED) is 0.374. The molecule has 0 aliphatic rings. The van der Waals surface area contributed by atoms with Gasteiger partial charge in [0.05, 0.1) is 16.8 Å². The van der Waals surface area contributed by atoms with Crippen molar-refractivity contribution in [3.05, 3.63) is 39.7 Å². The van der Waals surface area contributed by atoms with E-state index >= 15 is 0 Å². The summed E-state index contributed by atoms with van der Waals surface area (Å²) in [6.07, 6.45) is -2.17. The van der Waals surface area contributed by atoms with Crippen molar-refractivity contribution in [1.82, 2.24) is 24.1 Å². The molecule has 0 radical (unpaired) electrons. The first-order chi connectivity index (χ1) is 13.5. The molecule has 0 atom stereocenters. The molecule has 29 heavy (non-hydrogen) atoms. The minimum absolute atomic E-state index is 0.00353. The molecule has 0 saturated heterocycles. The Morgan fingerprint density at radius 1 is 1.24 bits per heavy atom. The molecule has 0 fully saturated rings. The number of rotatable bonds is 3. The topological polar surface area (TPSA) is 82.1 Å². The van der Waals surface area contributed by atoms with Crippen LogP contribution in [0.5, 0.6) is 0 Å². The van der Waals surface area contributed by atoms with Crippen LogP contribution in [-0.4, -0.2) is 38.3 Å². The van der Waals surface area contributed by atoms with Crippen LogP contribution in [0.4, 0.5) is 13.2 Å². The highest BCUT2D eigenvalue weighted by Gasteiger charge is 2.33.